The number of esters is 1. The maximum absolute atomic E-state index is 11.6. The van der Waals surface area contributed by atoms with E-state index in [1.54, 1.807) is 0 Å². The quantitative estimate of drug-likeness (QED) is 0.709. The molecular formula is C12H23NO2S. The van der Waals surface area contributed by atoms with Gasteiger partial charge >= 0.3 is 5.97 Å². The van der Waals surface area contributed by atoms with Crippen LogP contribution in [-0.4, -0.2) is 47.6 Å². The largest absolute Gasteiger partial charge is 0.466 e. The lowest BCUT2D eigenvalue weighted by molar-refractivity contribution is -0.148. The van der Waals surface area contributed by atoms with E-state index in [0.29, 0.717) is 17.9 Å². The van der Waals surface area contributed by atoms with E-state index in [1.807, 2.05) is 25.6 Å². The molecular weight excluding hydrogens is 222 g/mol. The van der Waals surface area contributed by atoms with Crippen LogP contribution in [0.1, 0.15) is 27.7 Å². The molecule has 0 radical (unpaired) electrons. The van der Waals surface area contributed by atoms with Gasteiger partial charge in [0.05, 0.1) is 12.5 Å². The Morgan fingerprint density at radius 3 is 2.88 bits per heavy atom. The first-order valence-corrected chi connectivity index (χ1v) is 7.13. The van der Waals surface area contributed by atoms with Crippen LogP contribution in [0.2, 0.25) is 0 Å². The average Bonchev–Trinajstić information content (AvgIpc) is 2.25. The van der Waals surface area contributed by atoms with E-state index < -0.39 is 0 Å². The molecule has 3 unspecified atom stereocenters. The van der Waals surface area contributed by atoms with Crippen LogP contribution in [0.25, 0.3) is 0 Å². The number of hydrogen-bond donors (Lipinski definition) is 0. The van der Waals surface area contributed by atoms with Crippen LogP contribution in [-0.2, 0) is 9.53 Å². The van der Waals surface area contributed by atoms with Crippen molar-refractivity contribution in [2.75, 3.05) is 25.4 Å². The number of nitrogens with zero attached hydrogens (tertiary/aromatic N) is 1. The molecule has 0 aromatic heterocycles. The fraction of sp³-hybridized carbons (Fsp3) is 0.917. The lowest BCUT2D eigenvalue weighted by Crippen LogP contribution is -2.47. The van der Waals surface area contributed by atoms with Crippen molar-refractivity contribution in [1.29, 1.82) is 0 Å². The van der Waals surface area contributed by atoms with E-state index in [1.165, 1.54) is 5.75 Å². The van der Waals surface area contributed by atoms with E-state index in [0.717, 1.165) is 13.1 Å². The second-order valence-corrected chi connectivity index (χ2v) is 5.95. The molecule has 0 aromatic carbocycles. The molecule has 1 heterocycles. The first-order valence-electron chi connectivity index (χ1n) is 6.08. The smallest absolute Gasteiger partial charge is 0.309 e. The van der Waals surface area contributed by atoms with Crippen molar-refractivity contribution in [2.45, 2.75) is 39.0 Å². The predicted molar refractivity (Wildman–Crippen MR) is 68.8 cm³/mol. The third kappa shape index (κ3) is 3.67. The van der Waals surface area contributed by atoms with Gasteiger partial charge in [0.25, 0.3) is 0 Å². The Morgan fingerprint density at radius 2 is 2.25 bits per heavy atom. The Morgan fingerprint density at radius 1 is 1.56 bits per heavy atom. The molecule has 0 aliphatic carbocycles. The summed E-state index contributed by atoms with van der Waals surface area (Å²) in [4.78, 5) is 14.0. The monoisotopic (exact) mass is 245 g/mol. The zero-order valence-electron chi connectivity index (χ0n) is 10.7. The van der Waals surface area contributed by atoms with Crippen molar-refractivity contribution in [3.05, 3.63) is 0 Å². The molecule has 1 aliphatic heterocycles. The van der Waals surface area contributed by atoms with Crippen LogP contribution < -0.4 is 0 Å². The van der Waals surface area contributed by atoms with Crippen molar-refractivity contribution >= 4 is 17.7 Å². The lowest BCUT2D eigenvalue weighted by Gasteiger charge is -2.38. The fourth-order valence-corrected chi connectivity index (χ4v) is 3.13. The van der Waals surface area contributed by atoms with Gasteiger partial charge in [-0.05, 0) is 13.8 Å². The predicted octanol–water partition coefficient (Wildman–Crippen LogP) is 2.01. The van der Waals surface area contributed by atoms with E-state index >= 15 is 0 Å². The molecule has 0 saturated carbocycles. The normalized spacial score (nSPS) is 28.8. The highest BCUT2D eigenvalue weighted by Gasteiger charge is 2.28. The molecule has 0 spiro atoms. The van der Waals surface area contributed by atoms with Gasteiger partial charge in [-0.2, -0.15) is 11.8 Å². The molecule has 1 fully saturated rings. The van der Waals surface area contributed by atoms with Crippen molar-refractivity contribution in [3.8, 4) is 0 Å². The third-order valence-corrected chi connectivity index (χ3v) is 4.55. The summed E-state index contributed by atoms with van der Waals surface area (Å²) in [7, 11) is 0. The zero-order chi connectivity index (χ0) is 12.1. The molecule has 1 aliphatic rings. The summed E-state index contributed by atoms with van der Waals surface area (Å²) in [5.74, 6) is 1.08. The molecule has 1 saturated heterocycles. The number of carbonyl (C=O) groups is 1. The molecule has 1 rings (SSSR count). The minimum Gasteiger partial charge on any atom is -0.466 e. The minimum absolute atomic E-state index is 0.0160. The van der Waals surface area contributed by atoms with Crippen LogP contribution >= 0.6 is 11.8 Å². The second-order valence-electron chi connectivity index (χ2n) is 4.46. The summed E-state index contributed by atoms with van der Waals surface area (Å²) in [6.45, 7) is 10.7. The highest BCUT2D eigenvalue weighted by molar-refractivity contribution is 8.00. The van der Waals surface area contributed by atoms with Crippen molar-refractivity contribution in [1.82, 2.24) is 4.90 Å². The molecule has 94 valence electrons. The van der Waals surface area contributed by atoms with Crippen LogP contribution in [0, 0.1) is 5.92 Å². The Hall–Kier alpha value is -0.220. The first kappa shape index (κ1) is 13.8. The van der Waals surface area contributed by atoms with Gasteiger partial charge in [0.2, 0.25) is 0 Å². The highest BCUT2D eigenvalue weighted by Crippen LogP contribution is 2.24. The topological polar surface area (TPSA) is 29.5 Å². The van der Waals surface area contributed by atoms with Gasteiger partial charge in [0.15, 0.2) is 0 Å². The van der Waals surface area contributed by atoms with Crippen LogP contribution in [0.3, 0.4) is 0 Å². The van der Waals surface area contributed by atoms with Gasteiger partial charge in [-0.1, -0.05) is 13.8 Å². The van der Waals surface area contributed by atoms with E-state index in [-0.39, 0.29) is 11.9 Å². The van der Waals surface area contributed by atoms with E-state index in [9.17, 15) is 4.79 Å². The number of thioether (sulfide) groups is 1. The zero-order valence-corrected chi connectivity index (χ0v) is 11.5. The molecule has 0 aromatic rings. The first-order chi connectivity index (χ1) is 7.56. The van der Waals surface area contributed by atoms with Crippen LogP contribution in [0.5, 0.6) is 0 Å². The highest BCUT2D eigenvalue weighted by atomic mass is 32.2. The molecule has 4 heteroatoms. The fourth-order valence-electron chi connectivity index (χ4n) is 1.96. The molecule has 16 heavy (non-hydrogen) atoms. The van der Waals surface area contributed by atoms with Crippen molar-refractivity contribution < 1.29 is 9.53 Å². The van der Waals surface area contributed by atoms with Gasteiger partial charge in [-0.25, -0.2) is 0 Å². The Balaban J connectivity index is 2.43. The Bertz CT molecular complexity index is 235. The Labute approximate surface area is 103 Å². The Kier molecular flexibility index (Phi) is 5.62. The number of ether oxygens (including phenoxy) is 1. The van der Waals surface area contributed by atoms with Crippen molar-refractivity contribution in [3.63, 3.8) is 0 Å². The molecule has 3 atom stereocenters. The molecule has 0 bridgehead atoms. The van der Waals surface area contributed by atoms with Crippen LogP contribution in [0.15, 0.2) is 0 Å². The summed E-state index contributed by atoms with van der Waals surface area (Å²) < 4.78 is 5.04. The standard InChI is InChI=1S/C12H23NO2S/c1-5-15-12(14)9(2)8-13-6-7-16-11(4)10(13)3/h9-11H,5-8H2,1-4H3. The van der Waals surface area contributed by atoms with E-state index in [2.05, 4.69) is 18.7 Å². The van der Waals surface area contributed by atoms with Gasteiger partial charge in [0.1, 0.15) is 0 Å². The number of hydrogen-bond acceptors (Lipinski definition) is 4. The van der Waals surface area contributed by atoms with Gasteiger partial charge in [0, 0.05) is 30.1 Å². The maximum atomic E-state index is 11.6. The summed E-state index contributed by atoms with van der Waals surface area (Å²) >= 11 is 2.02. The van der Waals surface area contributed by atoms with Gasteiger partial charge in [-0.15, -0.1) is 0 Å². The van der Waals surface area contributed by atoms with Gasteiger partial charge in [-0.3, -0.25) is 9.69 Å². The number of carbonyl (C=O) groups excluding carboxylic acids is 1. The maximum Gasteiger partial charge on any atom is 0.309 e. The van der Waals surface area contributed by atoms with E-state index in [4.69, 9.17) is 4.74 Å². The van der Waals surface area contributed by atoms with Crippen molar-refractivity contribution in [2.24, 2.45) is 5.92 Å². The van der Waals surface area contributed by atoms with Gasteiger partial charge < -0.3 is 4.74 Å². The molecule has 0 amide bonds. The molecule has 3 nitrogen and oxygen atoms in total. The second kappa shape index (κ2) is 6.50. The molecule has 0 N–H and O–H groups in total. The number of rotatable bonds is 4. The van der Waals surface area contributed by atoms with Crippen LogP contribution in [0.4, 0.5) is 0 Å². The average molecular weight is 245 g/mol. The summed E-state index contributed by atoms with van der Waals surface area (Å²) in [6.07, 6.45) is 0. The summed E-state index contributed by atoms with van der Waals surface area (Å²) in [5, 5.41) is 0.656. The lowest BCUT2D eigenvalue weighted by atomic mass is 10.1. The summed E-state index contributed by atoms with van der Waals surface area (Å²) in [5.41, 5.74) is 0. The SMILES string of the molecule is CCOC(=O)C(C)CN1CCSC(C)C1C. The third-order valence-electron chi connectivity index (χ3n) is 3.21. The minimum atomic E-state index is -0.0689. The summed E-state index contributed by atoms with van der Waals surface area (Å²) in [6, 6.07) is 0.552.